The van der Waals surface area contributed by atoms with Gasteiger partial charge in [0, 0.05) is 17.9 Å². The SMILES string of the molecule is COc1ccc(CCNC(=O)[C@H]2CS[C@@H]3c4ccc(OC)c(OC)c4C(=O)N23)cc1. The van der Waals surface area contributed by atoms with Gasteiger partial charge in [0.2, 0.25) is 5.91 Å². The third-order valence-electron chi connectivity index (χ3n) is 5.47. The fraction of sp³-hybridized carbons (Fsp3) is 0.364. The zero-order valence-corrected chi connectivity index (χ0v) is 18.0. The molecule has 0 saturated carbocycles. The Kier molecular flexibility index (Phi) is 5.76. The fourth-order valence-corrected chi connectivity index (χ4v) is 5.39. The molecule has 0 aliphatic carbocycles. The quantitative estimate of drug-likeness (QED) is 0.731. The van der Waals surface area contributed by atoms with E-state index in [0.29, 0.717) is 35.8 Å². The van der Waals surface area contributed by atoms with E-state index in [-0.39, 0.29) is 17.2 Å². The smallest absolute Gasteiger partial charge is 0.260 e. The topological polar surface area (TPSA) is 77.1 Å². The lowest BCUT2D eigenvalue weighted by Crippen LogP contribution is -2.46. The van der Waals surface area contributed by atoms with Crippen molar-refractivity contribution >= 4 is 23.6 Å². The van der Waals surface area contributed by atoms with Crippen LogP contribution < -0.4 is 19.5 Å². The van der Waals surface area contributed by atoms with Crippen molar-refractivity contribution in [3.63, 3.8) is 0 Å². The van der Waals surface area contributed by atoms with E-state index in [0.717, 1.165) is 16.9 Å². The van der Waals surface area contributed by atoms with Crippen molar-refractivity contribution in [2.75, 3.05) is 33.6 Å². The Morgan fingerprint density at radius 3 is 2.53 bits per heavy atom. The van der Waals surface area contributed by atoms with E-state index in [4.69, 9.17) is 14.2 Å². The Bertz CT molecular complexity index is 963. The maximum absolute atomic E-state index is 13.2. The molecule has 30 heavy (non-hydrogen) atoms. The molecule has 2 aliphatic rings. The molecule has 0 aromatic heterocycles. The van der Waals surface area contributed by atoms with Crippen LogP contribution in [-0.2, 0) is 11.2 Å². The summed E-state index contributed by atoms with van der Waals surface area (Å²) in [6.07, 6.45) is 0.707. The molecule has 1 fully saturated rings. The predicted octanol–water partition coefficient (Wildman–Crippen LogP) is 2.64. The Morgan fingerprint density at radius 2 is 1.87 bits per heavy atom. The van der Waals surface area contributed by atoms with Crippen LogP contribution in [0.3, 0.4) is 0 Å². The molecule has 7 nitrogen and oxygen atoms in total. The number of nitrogens with one attached hydrogen (secondary N) is 1. The molecule has 0 bridgehead atoms. The van der Waals surface area contributed by atoms with E-state index in [1.54, 1.807) is 36.9 Å². The average molecular weight is 429 g/mol. The van der Waals surface area contributed by atoms with E-state index in [2.05, 4.69) is 5.32 Å². The van der Waals surface area contributed by atoms with Gasteiger partial charge in [0.25, 0.3) is 5.91 Å². The summed E-state index contributed by atoms with van der Waals surface area (Å²) in [7, 11) is 4.69. The van der Waals surface area contributed by atoms with Crippen LogP contribution in [0.1, 0.15) is 26.9 Å². The summed E-state index contributed by atoms with van der Waals surface area (Å²) in [5.41, 5.74) is 2.47. The van der Waals surface area contributed by atoms with Crippen LogP contribution in [0.5, 0.6) is 17.2 Å². The van der Waals surface area contributed by atoms with Crippen molar-refractivity contribution in [1.29, 1.82) is 0 Å². The Balaban J connectivity index is 1.44. The van der Waals surface area contributed by atoms with Gasteiger partial charge in [-0.2, -0.15) is 0 Å². The van der Waals surface area contributed by atoms with E-state index >= 15 is 0 Å². The highest BCUT2D eigenvalue weighted by Crippen LogP contribution is 2.52. The number of hydrogen-bond acceptors (Lipinski definition) is 6. The summed E-state index contributed by atoms with van der Waals surface area (Å²) in [4.78, 5) is 27.7. The summed E-state index contributed by atoms with van der Waals surface area (Å²) < 4.78 is 15.9. The Morgan fingerprint density at radius 1 is 1.10 bits per heavy atom. The number of rotatable bonds is 7. The monoisotopic (exact) mass is 428 g/mol. The second-order valence-corrected chi connectivity index (χ2v) is 8.18. The van der Waals surface area contributed by atoms with Gasteiger partial charge in [-0.15, -0.1) is 11.8 Å². The third kappa shape index (κ3) is 3.45. The van der Waals surface area contributed by atoms with E-state index in [1.807, 2.05) is 30.3 Å². The molecule has 4 rings (SSSR count). The molecule has 2 amide bonds. The Labute approximate surface area is 179 Å². The lowest BCUT2D eigenvalue weighted by molar-refractivity contribution is -0.124. The second kappa shape index (κ2) is 8.47. The van der Waals surface area contributed by atoms with Crippen molar-refractivity contribution in [1.82, 2.24) is 10.2 Å². The van der Waals surface area contributed by atoms with Gasteiger partial charge in [-0.1, -0.05) is 18.2 Å². The van der Waals surface area contributed by atoms with E-state index in [9.17, 15) is 9.59 Å². The molecule has 2 aliphatic heterocycles. The first-order valence-corrected chi connectivity index (χ1v) is 10.7. The van der Waals surface area contributed by atoms with Crippen LogP contribution in [0.4, 0.5) is 0 Å². The highest BCUT2D eigenvalue weighted by Gasteiger charge is 2.50. The molecule has 0 unspecified atom stereocenters. The number of thioether (sulfide) groups is 1. The fourth-order valence-electron chi connectivity index (χ4n) is 3.93. The molecule has 2 aromatic rings. The minimum absolute atomic E-state index is 0.134. The van der Waals surface area contributed by atoms with Crippen LogP contribution in [0.25, 0.3) is 0 Å². The third-order valence-corrected chi connectivity index (χ3v) is 6.77. The first-order valence-electron chi connectivity index (χ1n) is 9.68. The molecule has 2 atom stereocenters. The summed E-state index contributed by atoms with van der Waals surface area (Å²) in [6, 6.07) is 10.9. The van der Waals surface area contributed by atoms with Crippen LogP contribution in [-0.4, -0.2) is 56.4 Å². The van der Waals surface area contributed by atoms with Crippen LogP contribution >= 0.6 is 11.8 Å². The zero-order chi connectivity index (χ0) is 21.3. The van der Waals surface area contributed by atoms with Gasteiger partial charge in [0.1, 0.15) is 17.2 Å². The zero-order valence-electron chi connectivity index (χ0n) is 17.1. The summed E-state index contributed by atoms with van der Waals surface area (Å²) in [6.45, 7) is 0.503. The lowest BCUT2D eigenvalue weighted by atomic mass is 10.1. The van der Waals surface area contributed by atoms with Gasteiger partial charge < -0.3 is 24.4 Å². The molecule has 158 valence electrons. The molecule has 0 radical (unpaired) electrons. The first-order chi connectivity index (χ1) is 14.6. The van der Waals surface area contributed by atoms with Gasteiger partial charge in [0.05, 0.1) is 26.9 Å². The average Bonchev–Trinajstić information content (AvgIpc) is 3.33. The second-order valence-electron chi connectivity index (χ2n) is 7.07. The standard InChI is InChI=1S/C22H24N2O5S/c1-27-14-6-4-13(5-7-14)10-11-23-20(25)16-12-30-22-15-8-9-17(28-2)19(29-3)18(15)21(26)24(16)22/h4-9,16,22H,10-12H2,1-3H3,(H,23,25)/t16-,22-/m1/s1. The van der Waals surface area contributed by atoms with Gasteiger partial charge in [-0.25, -0.2) is 0 Å². The van der Waals surface area contributed by atoms with Crippen molar-refractivity contribution < 1.29 is 23.8 Å². The van der Waals surface area contributed by atoms with Crippen LogP contribution in [0, 0.1) is 0 Å². The predicted molar refractivity (Wildman–Crippen MR) is 114 cm³/mol. The number of benzene rings is 2. The molecule has 2 heterocycles. The maximum atomic E-state index is 13.2. The van der Waals surface area contributed by atoms with Crippen LogP contribution in [0.2, 0.25) is 0 Å². The molecule has 2 aromatic carbocycles. The number of hydrogen-bond donors (Lipinski definition) is 1. The highest BCUT2D eigenvalue weighted by molar-refractivity contribution is 7.99. The van der Waals surface area contributed by atoms with Crippen molar-refractivity contribution in [3.05, 3.63) is 53.1 Å². The number of fused-ring (bicyclic) bond motifs is 3. The number of carbonyl (C=O) groups excluding carboxylic acids is 2. The van der Waals surface area contributed by atoms with Crippen molar-refractivity contribution in [3.8, 4) is 17.2 Å². The largest absolute Gasteiger partial charge is 0.497 e. The number of ether oxygens (including phenoxy) is 3. The van der Waals surface area contributed by atoms with E-state index in [1.165, 1.54) is 7.11 Å². The summed E-state index contributed by atoms with van der Waals surface area (Å²) >= 11 is 1.60. The highest BCUT2D eigenvalue weighted by atomic mass is 32.2. The van der Waals surface area contributed by atoms with E-state index < -0.39 is 6.04 Å². The van der Waals surface area contributed by atoms with Gasteiger partial charge in [-0.3, -0.25) is 9.59 Å². The van der Waals surface area contributed by atoms with Crippen molar-refractivity contribution in [2.45, 2.75) is 17.8 Å². The normalized spacial score (nSPS) is 19.3. The number of nitrogens with zero attached hydrogens (tertiary/aromatic N) is 1. The number of methoxy groups -OCH3 is 3. The number of amides is 2. The lowest BCUT2D eigenvalue weighted by Gasteiger charge is -2.22. The molecule has 8 heteroatoms. The van der Waals surface area contributed by atoms with Gasteiger partial charge in [0.15, 0.2) is 11.5 Å². The number of carbonyl (C=O) groups is 2. The van der Waals surface area contributed by atoms with Gasteiger partial charge >= 0.3 is 0 Å². The molecule has 1 saturated heterocycles. The Hall–Kier alpha value is -2.87. The molecule has 1 N–H and O–H groups in total. The summed E-state index contributed by atoms with van der Waals surface area (Å²) in [5.74, 6) is 1.98. The first kappa shape index (κ1) is 20.4. The summed E-state index contributed by atoms with van der Waals surface area (Å²) in [5, 5.41) is 2.80. The van der Waals surface area contributed by atoms with Crippen LogP contribution in [0.15, 0.2) is 36.4 Å². The van der Waals surface area contributed by atoms with Gasteiger partial charge in [-0.05, 0) is 30.2 Å². The maximum Gasteiger partial charge on any atom is 0.260 e. The minimum Gasteiger partial charge on any atom is -0.497 e. The molecular formula is C22H24N2O5S. The minimum atomic E-state index is -0.508. The molecular weight excluding hydrogens is 404 g/mol. The van der Waals surface area contributed by atoms with Crippen molar-refractivity contribution in [2.24, 2.45) is 0 Å². The molecule has 0 spiro atoms.